The highest BCUT2D eigenvalue weighted by Gasteiger charge is 2.27. The Kier molecular flexibility index (Phi) is 6.85. The third-order valence-corrected chi connectivity index (χ3v) is 1.37. The Balaban J connectivity index is 3.34. The van der Waals surface area contributed by atoms with Crippen LogP contribution in [-0.2, 0) is 4.74 Å². The fraction of sp³-hybridized carbons (Fsp3) is 0.875. The lowest BCUT2D eigenvalue weighted by atomic mass is 10.5. The zero-order chi connectivity index (χ0) is 11.7. The van der Waals surface area contributed by atoms with E-state index in [-0.39, 0.29) is 6.61 Å². The monoisotopic (exact) mass is 228 g/mol. The summed E-state index contributed by atoms with van der Waals surface area (Å²) in [6.45, 7) is 1.89. The number of nitrogens with one attached hydrogen (secondary N) is 2. The van der Waals surface area contributed by atoms with Crippen LogP contribution < -0.4 is 10.6 Å². The molecule has 0 aromatic carbocycles. The molecule has 0 rings (SSSR count). The van der Waals surface area contributed by atoms with Crippen LogP contribution in [-0.4, -0.2) is 38.5 Å². The first-order valence-electron chi connectivity index (χ1n) is 4.64. The van der Waals surface area contributed by atoms with E-state index in [4.69, 9.17) is 0 Å². The number of halogens is 3. The van der Waals surface area contributed by atoms with Crippen molar-refractivity contribution in [3.63, 3.8) is 0 Å². The number of carbonyl (C=O) groups is 1. The Bertz CT molecular complexity index is 185. The molecule has 0 atom stereocenters. The number of rotatable bonds is 6. The Labute approximate surface area is 86.2 Å². The molecule has 2 N–H and O–H groups in total. The molecule has 0 aliphatic heterocycles. The maximum atomic E-state index is 11.6. The highest BCUT2D eigenvalue weighted by atomic mass is 19.4. The van der Waals surface area contributed by atoms with Gasteiger partial charge in [0.05, 0.1) is 0 Å². The largest absolute Gasteiger partial charge is 0.448 e. The highest BCUT2D eigenvalue weighted by Crippen LogP contribution is 2.11. The maximum absolute atomic E-state index is 11.6. The molecular weight excluding hydrogens is 213 g/mol. The van der Waals surface area contributed by atoms with E-state index in [9.17, 15) is 18.0 Å². The first-order valence-corrected chi connectivity index (χ1v) is 4.64. The molecule has 1 amide bonds. The number of hydrogen-bond acceptors (Lipinski definition) is 3. The standard InChI is InChI=1S/C8H15F3N2O2/c1-2-3-12-4-5-15-7(14)13-6-8(9,10)11/h12H,2-6H2,1H3,(H,13,14). The van der Waals surface area contributed by atoms with Crippen molar-refractivity contribution >= 4 is 6.09 Å². The number of carbonyl (C=O) groups excluding carboxylic acids is 1. The average molecular weight is 228 g/mol. The maximum Gasteiger partial charge on any atom is 0.407 e. The second kappa shape index (κ2) is 7.33. The van der Waals surface area contributed by atoms with Crippen molar-refractivity contribution in [2.24, 2.45) is 0 Å². The predicted octanol–water partition coefficient (Wildman–Crippen LogP) is 1.27. The Hall–Kier alpha value is -0.980. The van der Waals surface area contributed by atoms with Crippen molar-refractivity contribution in [2.75, 3.05) is 26.2 Å². The van der Waals surface area contributed by atoms with Crippen LogP contribution in [0.25, 0.3) is 0 Å². The highest BCUT2D eigenvalue weighted by molar-refractivity contribution is 5.67. The first-order chi connectivity index (χ1) is 6.95. The van der Waals surface area contributed by atoms with Gasteiger partial charge in [-0.25, -0.2) is 4.79 Å². The minimum absolute atomic E-state index is 0.0592. The van der Waals surface area contributed by atoms with E-state index in [1.54, 1.807) is 5.32 Å². The summed E-state index contributed by atoms with van der Waals surface area (Å²) in [5.41, 5.74) is 0. The van der Waals surface area contributed by atoms with Gasteiger partial charge in [-0.05, 0) is 13.0 Å². The molecule has 0 saturated heterocycles. The third-order valence-electron chi connectivity index (χ3n) is 1.37. The van der Waals surface area contributed by atoms with Crippen LogP contribution in [0.15, 0.2) is 0 Å². The molecule has 0 aromatic rings. The quantitative estimate of drug-likeness (QED) is 0.673. The summed E-state index contributed by atoms with van der Waals surface area (Å²) in [7, 11) is 0. The van der Waals surface area contributed by atoms with Gasteiger partial charge in [0.2, 0.25) is 0 Å². The normalized spacial score (nSPS) is 11.2. The van der Waals surface area contributed by atoms with Crippen LogP contribution in [0.3, 0.4) is 0 Å². The van der Waals surface area contributed by atoms with Gasteiger partial charge in [0.25, 0.3) is 0 Å². The second-order valence-corrected chi connectivity index (χ2v) is 2.85. The lowest BCUT2D eigenvalue weighted by Gasteiger charge is -2.09. The van der Waals surface area contributed by atoms with Gasteiger partial charge in [0.15, 0.2) is 0 Å². The van der Waals surface area contributed by atoms with Gasteiger partial charge in [0, 0.05) is 6.54 Å². The molecule has 0 aromatic heterocycles. The van der Waals surface area contributed by atoms with Gasteiger partial charge in [-0.3, -0.25) is 0 Å². The Morgan fingerprint density at radius 3 is 2.53 bits per heavy atom. The molecule has 4 nitrogen and oxygen atoms in total. The topological polar surface area (TPSA) is 50.4 Å². The van der Waals surface area contributed by atoms with Crippen molar-refractivity contribution in [2.45, 2.75) is 19.5 Å². The summed E-state index contributed by atoms with van der Waals surface area (Å²) in [4.78, 5) is 10.7. The van der Waals surface area contributed by atoms with E-state index < -0.39 is 18.8 Å². The molecule has 0 radical (unpaired) electrons. The van der Waals surface area contributed by atoms with E-state index in [0.717, 1.165) is 13.0 Å². The lowest BCUT2D eigenvalue weighted by molar-refractivity contribution is -0.123. The molecule has 0 aliphatic rings. The molecule has 0 saturated carbocycles. The summed E-state index contributed by atoms with van der Waals surface area (Å²) in [6, 6.07) is 0. The van der Waals surface area contributed by atoms with Crippen molar-refractivity contribution in [3.8, 4) is 0 Å². The molecule has 0 spiro atoms. The van der Waals surface area contributed by atoms with Crippen molar-refractivity contribution < 1.29 is 22.7 Å². The molecule has 7 heteroatoms. The molecule has 0 heterocycles. The SMILES string of the molecule is CCCNCCOC(=O)NCC(F)(F)F. The fourth-order valence-electron chi connectivity index (χ4n) is 0.741. The van der Waals surface area contributed by atoms with Gasteiger partial charge >= 0.3 is 12.3 Å². The summed E-state index contributed by atoms with van der Waals surface area (Å²) in [5, 5.41) is 4.54. The molecule has 0 aliphatic carbocycles. The van der Waals surface area contributed by atoms with E-state index in [1.165, 1.54) is 0 Å². The number of ether oxygens (including phenoxy) is 1. The molecule has 15 heavy (non-hydrogen) atoms. The summed E-state index contributed by atoms with van der Waals surface area (Å²) in [5.74, 6) is 0. The first kappa shape index (κ1) is 14.0. The van der Waals surface area contributed by atoms with Crippen LogP contribution in [0.5, 0.6) is 0 Å². The molecule has 0 unspecified atom stereocenters. The predicted molar refractivity (Wildman–Crippen MR) is 48.6 cm³/mol. The van der Waals surface area contributed by atoms with Crippen molar-refractivity contribution in [3.05, 3.63) is 0 Å². The number of alkyl carbamates (subject to hydrolysis) is 1. The minimum atomic E-state index is -4.40. The van der Waals surface area contributed by atoms with Crippen LogP contribution in [0, 0.1) is 0 Å². The molecule has 90 valence electrons. The zero-order valence-corrected chi connectivity index (χ0v) is 8.49. The average Bonchev–Trinajstić information content (AvgIpc) is 2.13. The van der Waals surface area contributed by atoms with E-state index >= 15 is 0 Å². The van der Waals surface area contributed by atoms with Gasteiger partial charge in [-0.2, -0.15) is 13.2 Å². The van der Waals surface area contributed by atoms with Crippen LogP contribution in [0.2, 0.25) is 0 Å². The zero-order valence-electron chi connectivity index (χ0n) is 8.49. The number of alkyl halides is 3. The van der Waals surface area contributed by atoms with Crippen molar-refractivity contribution in [1.29, 1.82) is 0 Å². The van der Waals surface area contributed by atoms with E-state index in [0.29, 0.717) is 6.54 Å². The summed E-state index contributed by atoms with van der Waals surface area (Å²) in [6.07, 6.45) is -4.51. The van der Waals surface area contributed by atoms with Crippen LogP contribution in [0.4, 0.5) is 18.0 Å². The van der Waals surface area contributed by atoms with Crippen LogP contribution in [0.1, 0.15) is 13.3 Å². The summed E-state index contributed by atoms with van der Waals surface area (Å²) < 4.78 is 39.3. The van der Waals surface area contributed by atoms with Gasteiger partial charge < -0.3 is 15.4 Å². The second-order valence-electron chi connectivity index (χ2n) is 2.85. The smallest absolute Gasteiger partial charge is 0.407 e. The van der Waals surface area contributed by atoms with E-state index in [2.05, 4.69) is 10.1 Å². The third kappa shape index (κ3) is 10.9. The Morgan fingerprint density at radius 1 is 1.33 bits per heavy atom. The van der Waals surface area contributed by atoms with Gasteiger partial charge in [-0.1, -0.05) is 6.92 Å². The molecule has 0 bridgehead atoms. The number of hydrogen-bond donors (Lipinski definition) is 2. The fourth-order valence-corrected chi connectivity index (χ4v) is 0.741. The van der Waals surface area contributed by atoms with Gasteiger partial charge in [-0.15, -0.1) is 0 Å². The Morgan fingerprint density at radius 2 is 2.00 bits per heavy atom. The van der Waals surface area contributed by atoms with Gasteiger partial charge in [0.1, 0.15) is 13.2 Å². The van der Waals surface area contributed by atoms with Crippen molar-refractivity contribution in [1.82, 2.24) is 10.6 Å². The summed E-state index contributed by atoms with van der Waals surface area (Å²) >= 11 is 0. The molecular formula is C8H15F3N2O2. The van der Waals surface area contributed by atoms with Crippen LogP contribution >= 0.6 is 0 Å². The lowest BCUT2D eigenvalue weighted by Crippen LogP contribution is -2.35. The van der Waals surface area contributed by atoms with E-state index in [1.807, 2.05) is 6.92 Å². The minimum Gasteiger partial charge on any atom is -0.448 e. The number of amides is 1. The molecule has 0 fully saturated rings.